The van der Waals surface area contributed by atoms with Crippen molar-refractivity contribution in [3.63, 3.8) is 0 Å². The van der Waals surface area contributed by atoms with Crippen molar-refractivity contribution in [3.8, 4) is 6.07 Å². The SMILES string of the molecule is Cc1ccc(N2C(S)=C(C#N)C(=O)NC2c2c3ccccc3cc3ccccc23)cc1C. The number of benzene rings is 4. The summed E-state index contributed by atoms with van der Waals surface area (Å²) in [6.07, 6.45) is -0.523. The van der Waals surface area contributed by atoms with Crippen LogP contribution in [0.4, 0.5) is 5.69 Å². The first-order chi connectivity index (χ1) is 15.5. The lowest BCUT2D eigenvalue weighted by Gasteiger charge is -2.39. The molecule has 4 aromatic rings. The molecule has 156 valence electrons. The Hall–Kier alpha value is -3.75. The van der Waals surface area contributed by atoms with Crippen LogP contribution in [-0.4, -0.2) is 5.91 Å². The van der Waals surface area contributed by atoms with Gasteiger partial charge in [0, 0.05) is 11.3 Å². The van der Waals surface area contributed by atoms with Crippen LogP contribution >= 0.6 is 12.6 Å². The first-order valence-corrected chi connectivity index (χ1v) is 10.9. The second-order valence-corrected chi connectivity index (χ2v) is 8.48. The number of carbonyl (C=O) groups excluding carboxylic acids is 1. The number of thiol groups is 1. The van der Waals surface area contributed by atoms with E-state index in [1.54, 1.807) is 0 Å². The topological polar surface area (TPSA) is 56.1 Å². The van der Waals surface area contributed by atoms with Crippen molar-refractivity contribution in [1.82, 2.24) is 5.32 Å². The molecule has 1 heterocycles. The number of aryl methyl sites for hydroxylation is 2. The summed E-state index contributed by atoms with van der Waals surface area (Å²) in [4.78, 5) is 14.9. The number of nitrogens with zero attached hydrogens (tertiary/aromatic N) is 2. The largest absolute Gasteiger partial charge is 0.327 e. The van der Waals surface area contributed by atoms with Crippen LogP contribution in [0.2, 0.25) is 0 Å². The van der Waals surface area contributed by atoms with E-state index < -0.39 is 12.1 Å². The second kappa shape index (κ2) is 7.74. The van der Waals surface area contributed by atoms with Gasteiger partial charge in [0.05, 0.1) is 5.03 Å². The maximum atomic E-state index is 12.9. The summed E-state index contributed by atoms with van der Waals surface area (Å²) in [6, 6.07) is 26.6. The summed E-state index contributed by atoms with van der Waals surface area (Å²) in [5.74, 6) is -0.417. The molecule has 0 fully saturated rings. The average molecular weight is 436 g/mol. The van der Waals surface area contributed by atoms with E-state index in [1.165, 1.54) is 5.56 Å². The number of nitriles is 1. The molecule has 0 saturated heterocycles. The van der Waals surface area contributed by atoms with Crippen molar-refractivity contribution in [2.75, 3.05) is 4.90 Å². The van der Waals surface area contributed by atoms with Gasteiger partial charge in [-0.2, -0.15) is 5.26 Å². The Morgan fingerprint density at radius 3 is 2.12 bits per heavy atom. The Balaban J connectivity index is 1.86. The number of amides is 1. The van der Waals surface area contributed by atoms with Crippen LogP contribution < -0.4 is 10.2 Å². The van der Waals surface area contributed by atoms with E-state index in [9.17, 15) is 10.1 Å². The molecule has 5 heteroatoms. The van der Waals surface area contributed by atoms with Crippen LogP contribution in [-0.2, 0) is 4.79 Å². The molecule has 1 atom stereocenters. The fraction of sp³-hybridized carbons (Fsp3) is 0.111. The third kappa shape index (κ3) is 3.12. The molecular weight excluding hydrogens is 414 g/mol. The normalized spacial score (nSPS) is 16.4. The summed E-state index contributed by atoms with van der Waals surface area (Å²) in [5, 5.41) is 17.4. The molecule has 0 aliphatic carbocycles. The molecule has 1 aliphatic rings. The number of hydrogen-bond acceptors (Lipinski definition) is 4. The van der Waals surface area contributed by atoms with Gasteiger partial charge in [0.2, 0.25) is 0 Å². The number of fused-ring (bicyclic) bond motifs is 2. The minimum atomic E-state index is -0.523. The van der Waals surface area contributed by atoms with Crippen LogP contribution in [0.5, 0.6) is 0 Å². The molecule has 32 heavy (non-hydrogen) atoms. The predicted molar refractivity (Wildman–Crippen MR) is 132 cm³/mol. The molecule has 1 unspecified atom stereocenters. The summed E-state index contributed by atoms with van der Waals surface area (Å²) in [7, 11) is 0. The summed E-state index contributed by atoms with van der Waals surface area (Å²) < 4.78 is 0. The highest BCUT2D eigenvalue weighted by Crippen LogP contribution is 2.41. The van der Waals surface area contributed by atoms with E-state index >= 15 is 0 Å². The lowest BCUT2D eigenvalue weighted by atomic mass is 9.93. The minimum absolute atomic E-state index is 0.00681. The zero-order valence-electron chi connectivity index (χ0n) is 17.8. The van der Waals surface area contributed by atoms with Gasteiger partial charge in [0.25, 0.3) is 5.91 Å². The van der Waals surface area contributed by atoms with Crippen LogP contribution in [0.1, 0.15) is 22.9 Å². The average Bonchev–Trinajstić information content (AvgIpc) is 2.79. The standard InChI is InChI=1S/C27H21N3OS/c1-16-11-12-20(13-17(16)2)30-25(29-26(31)23(15-28)27(30)32)24-21-9-5-3-7-18(21)14-19-8-4-6-10-22(19)24/h3-14,25,32H,1-2H3,(H,29,31). The maximum absolute atomic E-state index is 12.9. The van der Waals surface area contributed by atoms with Gasteiger partial charge >= 0.3 is 0 Å². The van der Waals surface area contributed by atoms with Crippen molar-refractivity contribution < 1.29 is 4.79 Å². The first-order valence-electron chi connectivity index (χ1n) is 10.4. The lowest BCUT2D eigenvalue weighted by Crippen LogP contribution is -2.46. The third-order valence-corrected chi connectivity index (χ3v) is 6.61. The number of carbonyl (C=O) groups is 1. The van der Waals surface area contributed by atoms with Gasteiger partial charge in [-0.1, -0.05) is 54.6 Å². The highest BCUT2D eigenvalue weighted by molar-refractivity contribution is 7.84. The molecule has 0 saturated carbocycles. The number of hydrogen-bond donors (Lipinski definition) is 2. The van der Waals surface area contributed by atoms with Crippen LogP contribution in [0, 0.1) is 25.2 Å². The van der Waals surface area contributed by atoms with Gasteiger partial charge in [0.15, 0.2) is 0 Å². The van der Waals surface area contributed by atoms with E-state index in [4.69, 9.17) is 0 Å². The van der Waals surface area contributed by atoms with Crippen molar-refractivity contribution in [2.24, 2.45) is 0 Å². The molecule has 5 rings (SSSR count). The predicted octanol–water partition coefficient (Wildman–Crippen LogP) is 5.91. The smallest absolute Gasteiger partial charge is 0.266 e. The van der Waals surface area contributed by atoms with Gasteiger partial charge in [-0.15, -0.1) is 12.6 Å². The Labute approximate surface area is 192 Å². The minimum Gasteiger partial charge on any atom is -0.327 e. The van der Waals surface area contributed by atoms with Gasteiger partial charge < -0.3 is 10.2 Å². The van der Waals surface area contributed by atoms with Crippen LogP contribution in [0.15, 0.2) is 83.4 Å². The molecule has 1 aliphatic heterocycles. The van der Waals surface area contributed by atoms with Crippen LogP contribution in [0.3, 0.4) is 0 Å². The van der Waals surface area contributed by atoms with Gasteiger partial charge in [0.1, 0.15) is 17.8 Å². The van der Waals surface area contributed by atoms with Crippen LogP contribution in [0.25, 0.3) is 21.5 Å². The van der Waals surface area contributed by atoms with Gasteiger partial charge in [-0.05, 0) is 64.7 Å². The van der Waals surface area contributed by atoms with E-state index in [1.807, 2.05) is 47.4 Å². The Bertz CT molecular complexity index is 1430. The van der Waals surface area contributed by atoms with E-state index in [0.29, 0.717) is 5.03 Å². The molecule has 0 spiro atoms. The highest BCUT2D eigenvalue weighted by atomic mass is 32.1. The molecule has 1 N–H and O–H groups in total. The number of nitrogens with one attached hydrogen (secondary N) is 1. The Morgan fingerprint density at radius 2 is 1.53 bits per heavy atom. The number of anilines is 1. The molecule has 4 nitrogen and oxygen atoms in total. The lowest BCUT2D eigenvalue weighted by molar-refractivity contribution is -0.118. The molecule has 4 aromatic carbocycles. The van der Waals surface area contributed by atoms with Crippen molar-refractivity contribution in [3.05, 3.63) is 100 Å². The summed E-state index contributed by atoms with van der Waals surface area (Å²) in [5.41, 5.74) is 4.15. The Kier molecular flexibility index (Phi) is 4.88. The monoisotopic (exact) mass is 435 g/mol. The molecule has 0 aromatic heterocycles. The van der Waals surface area contributed by atoms with E-state index in [-0.39, 0.29) is 5.57 Å². The van der Waals surface area contributed by atoms with Gasteiger partial charge in [-0.3, -0.25) is 4.79 Å². The molecule has 1 amide bonds. The maximum Gasteiger partial charge on any atom is 0.266 e. The zero-order valence-corrected chi connectivity index (χ0v) is 18.6. The van der Waals surface area contributed by atoms with Gasteiger partial charge in [-0.25, -0.2) is 0 Å². The molecule has 0 bridgehead atoms. The van der Waals surface area contributed by atoms with Crippen molar-refractivity contribution >= 4 is 45.8 Å². The van der Waals surface area contributed by atoms with Crippen molar-refractivity contribution in [2.45, 2.75) is 20.0 Å². The highest BCUT2D eigenvalue weighted by Gasteiger charge is 2.35. The first kappa shape index (κ1) is 20.2. The zero-order chi connectivity index (χ0) is 22.4. The third-order valence-electron chi connectivity index (χ3n) is 6.17. The molecular formula is C27H21N3OS. The number of rotatable bonds is 2. The molecule has 0 radical (unpaired) electrons. The fourth-order valence-corrected chi connectivity index (χ4v) is 4.78. The fourth-order valence-electron chi connectivity index (χ4n) is 4.40. The quantitative estimate of drug-likeness (QED) is 0.304. The second-order valence-electron chi connectivity index (χ2n) is 8.06. The van der Waals surface area contributed by atoms with E-state index in [2.05, 4.69) is 68.2 Å². The van der Waals surface area contributed by atoms with Crippen molar-refractivity contribution in [1.29, 1.82) is 5.26 Å². The summed E-state index contributed by atoms with van der Waals surface area (Å²) >= 11 is 4.68. The van der Waals surface area contributed by atoms with E-state index in [0.717, 1.165) is 38.4 Å². The Morgan fingerprint density at radius 1 is 0.906 bits per heavy atom. The summed E-state index contributed by atoms with van der Waals surface area (Å²) in [6.45, 7) is 4.11.